The predicted octanol–water partition coefficient (Wildman–Crippen LogP) is 12.2. The summed E-state index contributed by atoms with van der Waals surface area (Å²) in [4.78, 5) is 5.31. The number of nitrogens with one attached hydrogen (secondary N) is 2. The van der Waals surface area contributed by atoms with E-state index in [1.54, 1.807) is 0 Å². The summed E-state index contributed by atoms with van der Waals surface area (Å²) in [5.74, 6) is 0.877. The Bertz CT molecular complexity index is 3120. The normalized spacial score (nSPS) is 15.8. The van der Waals surface area contributed by atoms with Crippen molar-refractivity contribution in [2.45, 2.75) is 12.3 Å². The molecule has 0 radical (unpaired) electrons. The molecule has 0 aliphatic carbocycles. The molecule has 55 heavy (non-hydrogen) atoms. The third-order valence-corrected chi connectivity index (χ3v) is 11.2. The molecule has 2 unspecified atom stereocenters. The Kier molecular flexibility index (Phi) is 7.35. The van der Waals surface area contributed by atoms with Gasteiger partial charge in [-0.2, -0.15) is 0 Å². The molecule has 260 valence electrons. The Labute approximate surface area is 319 Å². The second-order valence-corrected chi connectivity index (χ2v) is 14.5. The number of hydrogen-bond donors (Lipinski definition) is 2. The molecule has 0 saturated carbocycles. The number of rotatable bonds is 5. The number of aromatic nitrogens is 1. The summed E-state index contributed by atoms with van der Waals surface area (Å²) in [5, 5.41) is 17.5. The molecular formula is C51H36N4. The molecule has 0 spiro atoms. The Hall–Kier alpha value is -7.01. The van der Waals surface area contributed by atoms with E-state index >= 15 is 0 Å². The van der Waals surface area contributed by atoms with Crippen LogP contribution >= 0.6 is 0 Å². The average molecular weight is 705 g/mol. The highest BCUT2D eigenvalue weighted by Crippen LogP contribution is 2.39. The Balaban J connectivity index is 1.03. The van der Waals surface area contributed by atoms with Gasteiger partial charge in [0.1, 0.15) is 18.2 Å². The summed E-state index contributed by atoms with van der Waals surface area (Å²) in [7, 11) is 0. The van der Waals surface area contributed by atoms with E-state index in [4.69, 9.17) is 4.99 Å². The summed E-state index contributed by atoms with van der Waals surface area (Å²) < 4.78 is 2.44. The van der Waals surface area contributed by atoms with E-state index in [-0.39, 0.29) is 12.3 Å². The number of fused-ring (bicyclic) bond motifs is 7. The third kappa shape index (κ3) is 5.46. The minimum absolute atomic E-state index is 0.111. The van der Waals surface area contributed by atoms with Gasteiger partial charge in [-0.1, -0.05) is 152 Å². The van der Waals surface area contributed by atoms with Gasteiger partial charge in [-0.25, -0.2) is 4.99 Å². The van der Waals surface area contributed by atoms with Crippen molar-refractivity contribution < 1.29 is 0 Å². The lowest BCUT2D eigenvalue weighted by Gasteiger charge is -2.32. The maximum atomic E-state index is 5.31. The first-order valence-corrected chi connectivity index (χ1v) is 18.9. The molecule has 1 aliphatic heterocycles. The fourth-order valence-corrected chi connectivity index (χ4v) is 8.49. The molecule has 9 aromatic carbocycles. The lowest BCUT2D eigenvalue weighted by atomic mass is 10.00. The van der Waals surface area contributed by atoms with Crippen molar-refractivity contribution in [1.29, 1.82) is 0 Å². The maximum absolute atomic E-state index is 5.31. The van der Waals surface area contributed by atoms with E-state index in [0.29, 0.717) is 0 Å². The molecule has 11 rings (SSSR count). The highest BCUT2D eigenvalue weighted by atomic mass is 15.3. The fraction of sp³-hybridized carbons (Fsp3) is 0.0392. The van der Waals surface area contributed by atoms with Crippen LogP contribution in [0.4, 0.5) is 0 Å². The van der Waals surface area contributed by atoms with Gasteiger partial charge >= 0.3 is 0 Å². The zero-order chi connectivity index (χ0) is 36.3. The first-order chi connectivity index (χ1) is 27.2. The van der Waals surface area contributed by atoms with Crippen molar-refractivity contribution in [1.82, 2.24) is 15.2 Å². The topological polar surface area (TPSA) is 41.4 Å². The van der Waals surface area contributed by atoms with E-state index in [9.17, 15) is 0 Å². The monoisotopic (exact) mass is 704 g/mol. The van der Waals surface area contributed by atoms with E-state index in [0.717, 1.165) is 39.3 Å². The first-order valence-electron chi connectivity index (χ1n) is 18.9. The standard InChI is InChI=1S/C51H36N4/c1-2-14-35(15-3-1)49-52-50(54-51(53-49)42-25-24-33-12-4-5-16-36(33)28-42)41-21-10-19-37(29-41)38-20-11-22-43(30-38)55-46-27-26-34-13-8-9-23-44(34)48(46)45-31-39-17-6-7-18-40(39)32-47(45)55/h1-32,49-50,52H,(H,53,54). The fourth-order valence-electron chi connectivity index (χ4n) is 8.49. The van der Waals surface area contributed by atoms with Gasteiger partial charge in [0.05, 0.1) is 11.0 Å². The number of nitrogens with zero attached hydrogens (tertiary/aromatic N) is 2. The minimum atomic E-state index is -0.255. The van der Waals surface area contributed by atoms with E-state index in [2.05, 4.69) is 209 Å². The zero-order valence-electron chi connectivity index (χ0n) is 30.0. The van der Waals surface area contributed by atoms with Crippen molar-refractivity contribution in [2.24, 2.45) is 4.99 Å². The van der Waals surface area contributed by atoms with Crippen LogP contribution < -0.4 is 10.6 Å². The second-order valence-electron chi connectivity index (χ2n) is 14.5. The summed E-state index contributed by atoms with van der Waals surface area (Å²) in [6.45, 7) is 0. The summed E-state index contributed by atoms with van der Waals surface area (Å²) in [6, 6.07) is 70.1. The van der Waals surface area contributed by atoms with Crippen LogP contribution in [0.1, 0.15) is 29.0 Å². The molecule has 10 aromatic rings. The lowest BCUT2D eigenvalue weighted by Crippen LogP contribution is -2.44. The van der Waals surface area contributed by atoms with Crippen LogP contribution in [0.3, 0.4) is 0 Å². The molecule has 0 amide bonds. The van der Waals surface area contributed by atoms with Crippen molar-refractivity contribution in [3.63, 3.8) is 0 Å². The predicted molar refractivity (Wildman–Crippen MR) is 230 cm³/mol. The number of aliphatic imine (C=N–C) groups is 1. The van der Waals surface area contributed by atoms with E-state index < -0.39 is 0 Å². The molecule has 4 heteroatoms. The highest BCUT2D eigenvalue weighted by Gasteiger charge is 2.26. The third-order valence-electron chi connectivity index (χ3n) is 11.2. The molecule has 0 fully saturated rings. The van der Waals surface area contributed by atoms with Crippen molar-refractivity contribution in [3.05, 3.63) is 211 Å². The average Bonchev–Trinajstić information content (AvgIpc) is 3.59. The van der Waals surface area contributed by atoms with Crippen LogP contribution in [0.25, 0.3) is 70.9 Å². The summed E-state index contributed by atoms with van der Waals surface area (Å²) in [5.41, 5.74) is 9.19. The zero-order valence-corrected chi connectivity index (χ0v) is 30.0. The number of amidine groups is 1. The smallest absolute Gasteiger partial charge is 0.131 e. The van der Waals surface area contributed by atoms with E-state index in [1.807, 2.05) is 0 Å². The molecule has 0 bridgehead atoms. The molecule has 0 saturated heterocycles. The molecular weight excluding hydrogens is 669 g/mol. The molecule has 2 heterocycles. The summed E-state index contributed by atoms with van der Waals surface area (Å²) >= 11 is 0. The Morgan fingerprint density at radius 2 is 1.07 bits per heavy atom. The van der Waals surface area contributed by atoms with Crippen LogP contribution in [-0.2, 0) is 0 Å². The molecule has 2 N–H and O–H groups in total. The maximum Gasteiger partial charge on any atom is 0.131 e. The van der Waals surface area contributed by atoms with Crippen molar-refractivity contribution in [3.8, 4) is 16.8 Å². The van der Waals surface area contributed by atoms with Gasteiger partial charge in [0.15, 0.2) is 0 Å². The van der Waals surface area contributed by atoms with Crippen molar-refractivity contribution >= 4 is 60.0 Å². The first kappa shape index (κ1) is 31.5. The second kappa shape index (κ2) is 12.8. The number of hydrogen-bond acceptors (Lipinski definition) is 3. The molecule has 4 nitrogen and oxygen atoms in total. The van der Waals surface area contributed by atoms with Crippen molar-refractivity contribution in [2.75, 3.05) is 0 Å². The van der Waals surface area contributed by atoms with Gasteiger partial charge in [0.2, 0.25) is 0 Å². The summed E-state index contributed by atoms with van der Waals surface area (Å²) in [6.07, 6.45) is -0.366. The SMILES string of the molecule is c1ccc(C2NC(c3ccc4ccccc4c3)=NC(c3cccc(-c4cccc(-n5c6cc7ccccc7cc6c6c7ccccc7ccc65)c4)c3)N2)cc1. The van der Waals surface area contributed by atoms with Gasteiger partial charge < -0.3 is 9.88 Å². The largest absolute Gasteiger partial charge is 0.350 e. The van der Waals surface area contributed by atoms with Crippen LogP contribution in [0.2, 0.25) is 0 Å². The minimum Gasteiger partial charge on any atom is -0.350 e. The molecule has 1 aliphatic rings. The quantitative estimate of drug-likeness (QED) is 0.187. The van der Waals surface area contributed by atoms with Gasteiger partial charge in [-0.3, -0.25) is 5.32 Å². The Morgan fingerprint density at radius 1 is 0.418 bits per heavy atom. The van der Waals surface area contributed by atoms with Gasteiger partial charge in [0.25, 0.3) is 0 Å². The Morgan fingerprint density at radius 3 is 1.91 bits per heavy atom. The van der Waals surface area contributed by atoms with Gasteiger partial charge in [0, 0.05) is 22.0 Å². The van der Waals surface area contributed by atoms with Gasteiger partial charge in [-0.15, -0.1) is 0 Å². The molecule has 2 atom stereocenters. The number of benzene rings is 9. The van der Waals surface area contributed by atoms with Crippen LogP contribution in [0, 0.1) is 0 Å². The van der Waals surface area contributed by atoms with Crippen LogP contribution in [0.5, 0.6) is 0 Å². The van der Waals surface area contributed by atoms with E-state index in [1.165, 1.54) is 54.1 Å². The molecule has 1 aromatic heterocycles. The van der Waals surface area contributed by atoms with Gasteiger partial charge in [-0.05, 0) is 97.0 Å². The van der Waals surface area contributed by atoms with Crippen LogP contribution in [-0.4, -0.2) is 10.4 Å². The lowest BCUT2D eigenvalue weighted by molar-refractivity contribution is 0.409. The highest BCUT2D eigenvalue weighted by molar-refractivity contribution is 6.23. The van der Waals surface area contributed by atoms with Crippen LogP contribution in [0.15, 0.2) is 199 Å².